The highest BCUT2D eigenvalue weighted by atomic mass is 16.5. The van der Waals surface area contributed by atoms with Crippen molar-refractivity contribution in [3.63, 3.8) is 0 Å². The zero-order valence-electron chi connectivity index (χ0n) is 11.5. The van der Waals surface area contributed by atoms with Crippen molar-refractivity contribution in [1.29, 1.82) is 0 Å². The van der Waals surface area contributed by atoms with Gasteiger partial charge < -0.3 is 19.3 Å². The lowest BCUT2D eigenvalue weighted by Crippen LogP contribution is -2.38. The predicted molar refractivity (Wildman–Crippen MR) is 72.7 cm³/mol. The molecule has 0 unspecified atom stereocenters. The Labute approximate surface area is 117 Å². The summed E-state index contributed by atoms with van der Waals surface area (Å²) in [5.41, 5.74) is 0.117. The minimum Gasteiger partial charge on any atom is -0.497 e. The maximum atomic E-state index is 11.2. The van der Waals surface area contributed by atoms with Crippen molar-refractivity contribution in [3.05, 3.63) is 23.8 Å². The van der Waals surface area contributed by atoms with E-state index in [2.05, 4.69) is 4.90 Å². The van der Waals surface area contributed by atoms with E-state index < -0.39 is 5.97 Å². The van der Waals surface area contributed by atoms with Crippen LogP contribution in [0.15, 0.2) is 18.2 Å². The number of hydrogen-bond acceptors (Lipinski definition) is 5. The summed E-state index contributed by atoms with van der Waals surface area (Å²) in [6.07, 6.45) is 0. The van der Waals surface area contributed by atoms with Crippen molar-refractivity contribution in [2.24, 2.45) is 0 Å². The zero-order valence-corrected chi connectivity index (χ0v) is 11.5. The van der Waals surface area contributed by atoms with Gasteiger partial charge in [-0.05, 0) is 18.2 Å². The molecular formula is C14H19NO5. The zero-order chi connectivity index (χ0) is 14.4. The smallest absolute Gasteiger partial charge is 0.339 e. The van der Waals surface area contributed by atoms with Crippen molar-refractivity contribution in [1.82, 2.24) is 4.90 Å². The van der Waals surface area contributed by atoms with Gasteiger partial charge in [-0.3, -0.25) is 4.90 Å². The molecule has 0 bridgehead atoms. The fourth-order valence-electron chi connectivity index (χ4n) is 2.04. The van der Waals surface area contributed by atoms with E-state index >= 15 is 0 Å². The number of ether oxygens (including phenoxy) is 3. The Morgan fingerprint density at radius 3 is 2.80 bits per heavy atom. The Morgan fingerprint density at radius 2 is 2.15 bits per heavy atom. The Bertz CT molecular complexity index is 457. The molecule has 0 amide bonds. The van der Waals surface area contributed by atoms with Crippen LogP contribution in [0.1, 0.15) is 10.4 Å². The lowest BCUT2D eigenvalue weighted by molar-refractivity contribution is 0.0321. The van der Waals surface area contributed by atoms with Crippen molar-refractivity contribution in [2.75, 3.05) is 46.6 Å². The molecule has 0 radical (unpaired) electrons. The number of hydrogen-bond donors (Lipinski definition) is 1. The minimum absolute atomic E-state index is 0.117. The third kappa shape index (κ3) is 3.85. The second-order valence-electron chi connectivity index (χ2n) is 4.47. The van der Waals surface area contributed by atoms with Gasteiger partial charge in [0.05, 0.1) is 20.3 Å². The number of methoxy groups -OCH3 is 1. The number of nitrogens with zero attached hydrogens (tertiary/aromatic N) is 1. The summed E-state index contributed by atoms with van der Waals surface area (Å²) in [5.74, 6) is -0.153. The first-order chi connectivity index (χ1) is 9.70. The molecule has 0 aromatic heterocycles. The van der Waals surface area contributed by atoms with Crippen LogP contribution in [0, 0.1) is 0 Å². The standard InChI is InChI=1S/C14H19NO5/c1-18-11-2-3-13(12(10-11)14(16)17)20-9-6-15-4-7-19-8-5-15/h2-3,10H,4-9H2,1H3,(H,16,17). The number of carboxylic acids is 1. The average molecular weight is 281 g/mol. The maximum Gasteiger partial charge on any atom is 0.339 e. The van der Waals surface area contributed by atoms with Gasteiger partial charge in [0.1, 0.15) is 23.7 Å². The van der Waals surface area contributed by atoms with E-state index in [1.807, 2.05) is 0 Å². The van der Waals surface area contributed by atoms with Gasteiger partial charge in [-0.1, -0.05) is 0 Å². The lowest BCUT2D eigenvalue weighted by Gasteiger charge is -2.26. The summed E-state index contributed by atoms with van der Waals surface area (Å²) in [6.45, 7) is 4.46. The summed E-state index contributed by atoms with van der Waals surface area (Å²) in [5, 5.41) is 9.17. The van der Waals surface area contributed by atoms with Gasteiger partial charge in [0.15, 0.2) is 0 Å². The highest BCUT2D eigenvalue weighted by molar-refractivity contribution is 5.91. The summed E-state index contributed by atoms with van der Waals surface area (Å²) in [7, 11) is 1.50. The van der Waals surface area contributed by atoms with Gasteiger partial charge in [0.2, 0.25) is 0 Å². The number of morpholine rings is 1. The van der Waals surface area contributed by atoms with Gasteiger partial charge in [-0.15, -0.1) is 0 Å². The van der Waals surface area contributed by atoms with Crippen LogP contribution in [-0.2, 0) is 4.74 Å². The molecule has 1 saturated heterocycles. The van der Waals surface area contributed by atoms with Crippen molar-refractivity contribution in [2.45, 2.75) is 0 Å². The van der Waals surface area contributed by atoms with Gasteiger partial charge in [-0.2, -0.15) is 0 Å². The van der Waals surface area contributed by atoms with E-state index in [0.717, 1.165) is 32.8 Å². The number of carboxylic acid groups (broad SMARTS) is 1. The largest absolute Gasteiger partial charge is 0.497 e. The topological polar surface area (TPSA) is 68.2 Å². The highest BCUT2D eigenvalue weighted by Gasteiger charge is 2.14. The van der Waals surface area contributed by atoms with E-state index in [1.54, 1.807) is 12.1 Å². The number of rotatable bonds is 6. The van der Waals surface area contributed by atoms with Gasteiger partial charge >= 0.3 is 5.97 Å². The molecule has 1 aromatic carbocycles. The van der Waals surface area contributed by atoms with E-state index in [-0.39, 0.29) is 5.56 Å². The molecule has 0 saturated carbocycles. The Hall–Kier alpha value is -1.79. The normalized spacial score (nSPS) is 15.8. The van der Waals surface area contributed by atoms with E-state index in [4.69, 9.17) is 14.2 Å². The van der Waals surface area contributed by atoms with Crippen LogP contribution in [0.5, 0.6) is 11.5 Å². The molecule has 110 valence electrons. The molecule has 1 N–H and O–H groups in total. The molecule has 1 aromatic rings. The first kappa shape index (κ1) is 14.6. The summed E-state index contributed by atoms with van der Waals surface area (Å²) in [4.78, 5) is 13.4. The van der Waals surface area contributed by atoms with Crippen LogP contribution in [0.25, 0.3) is 0 Å². The van der Waals surface area contributed by atoms with E-state index in [0.29, 0.717) is 18.1 Å². The Kier molecular flexibility index (Phi) is 5.20. The van der Waals surface area contributed by atoms with Crippen LogP contribution < -0.4 is 9.47 Å². The Morgan fingerprint density at radius 1 is 1.40 bits per heavy atom. The molecule has 1 heterocycles. The molecular weight excluding hydrogens is 262 g/mol. The molecule has 1 fully saturated rings. The fourth-order valence-corrected chi connectivity index (χ4v) is 2.04. The molecule has 1 aliphatic rings. The second-order valence-corrected chi connectivity index (χ2v) is 4.47. The number of benzene rings is 1. The third-order valence-corrected chi connectivity index (χ3v) is 3.19. The van der Waals surface area contributed by atoms with Gasteiger partial charge in [-0.25, -0.2) is 4.79 Å². The quantitative estimate of drug-likeness (QED) is 0.842. The predicted octanol–water partition coefficient (Wildman–Crippen LogP) is 1.10. The molecule has 6 heteroatoms. The van der Waals surface area contributed by atoms with Crippen molar-refractivity contribution < 1.29 is 24.1 Å². The molecule has 1 aliphatic heterocycles. The molecule has 0 aliphatic carbocycles. The van der Waals surface area contributed by atoms with Crippen LogP contribution in [0.2, 0.25) is 0 Å². The van der Waals surface area contributed by atoms with Crippen molar-refractivity contribution >= 4 is 5.97 Å². The summed E-state index contributed by atoms with van der Waals surface area (Å²) < 4.78 is 15.9. The van der Waals surface area contributed by atoms with E-state index in [1.165, 1.54) is 13.2 Å². The fraction of sp³-hybridized carbons (Fsp3) is 0.500. The SMILES string of the molecule is COc1ccc(OCCN2CCOCC2)c(C(=O)O)c1. The first-order valence-corrected chi connectivity index (χ1v) is 6.55. The van der Waals surface area contributed by atoms with Crippen LogP contribution in [0.3, 0.4) is 0 Å². The molecule has 20 heavy (non-hydrogen) atoms. The number of aromatic carboxylic acids is 1. The third-order valence-electron chi connectivity index (χ3n) is 3.19. The van der Waals surface area contributed by atoms with E-state index in [9.17, 15) is 9.90 Å². The van der Waals surface area contributed by atoms with Crippen LogP contribution in [0.4, 0.5) is 0 Å². The molecule has 2 rings (SSSR count). The summed E-state index contributed by atoms with van der Waals surface area (Å²) in [6, 6.07) is 4.78. The molecule has 0 atom stereocenters. The van der Waals surface area contributed by atoms with Gasteiger partial charge in [0.25, 0.3) is 0 Å². The monoisotopic (exact) mass is 281 g/mol. The minimum atomic E-state index is -1.02. The van der Waals surface area contributed by atoms with Crippen LogP contribution in [-0.4, -0.2) is 62.5 Å². The molecule has 6 nitrogen and oxygen atoms in total. The van der Waals surface area contributed by atoms with Crippen LogP contribution >= 0.6 is 0 Å². The number of carbonyl (C=O) groups is 1. The lowest BCUT2D eigenvalue weighted by atomic mass is 10.2. The first-order valence-electron chi connectivity index (χ1n) is 6.55. The maximum absolute atomic E-state index is 11.2. The van der Waals surface area contributed by atoms with Gasteiger partial charge in [0, 0.05) is 19.6 Å². The molecule has 0 spiro atoms. The second kappa shape index (κ2) is 7.12. The summed E-state index contributed by atoms with van der Waals surface area (Å²) >= 11 is 0. The average Bonchev–Trinajstić information content (AvgIpc) is 2.48. The highest BCUT2D eigenvalue weighted by Crippen LogP contribution is 2.24. The Balaban J connectivity index is 1.92. The van der Waals surface area contributed by atoms with Crippen molar-refractivity contribution in [3.8, 4) is 11.5 Å².